The number of carbonyl (C=O) groups is 1. The van der Waals surface area contributed by atoms with E-state index in [1.807, 2.05) is 0 Å². The summed E-state index contributed by atoms with van der Waals surface area (Å²) in [5.41, 5.74) is 0. The van der Waals surface area contributed by atoms with Crippen LogP contribution in [0.1, 0.15) is 1.43 Å². The van der Waals surface area contributed by atoms with Gasteiger partial charge in [-0.2, -0.15) is 0 Å². The quantitative estimate of drug-likeness (QED) is 0.316. The monoisotopic (exact) mass is 202 g/mol. The van der Waals surface area contributed by atoms with E-state index >= 15 is 0 Å². The maximum absolute atomic E-state index is 9.54. The Morgan fingerprint density at radius 2 is 1.89 bits per heavy atom. The zero-order chi connectivity index (χ0) is 6.78. The van der Waals surface area contributed by atoms with Crippen LogP contribution in [-0.2, 0) is 4.74 Å². The summed E-state index contributed by atoms with van der Waals surface area (Å²) in [7, 11) is 0. The van der Waals surface area contributed by atoms with E-state index in [1.54, 1.807) is 0 Å². The van der Waals surface area contributed by atoms with Gasteiger partial charge >= 0.3 is 39.7 Å². The summed E-state index contributed by atoms with van der Waals surface area (Å²) in [6.45, 7) is 0. The molecule has 50 valence electrons. The molecule has 0 aliphatic heterocycles. The van der Waals surface area contributed by atoms with Crippen molar-refractivity contribution in [3.05, 3.63) is 0 Å². The Bertz CT molecular complexity index is 104. The van der Waals surface area contributed by atoms with Gasteiger partial charge in [-0.05, 0) is 34.8 Å². The predicted molar refractivity (Wildman–Crippen MR) is 30.5 cm³/mol. The van der Waals surface area contributed by atoms with Crippen LogP contribution in [0.15, 0.2) is 0 Å². The van der Waals surface area contributed by atoms with Gasteiger partial charge in [-0.25, -0.2) is 4.79 Å². The molecule has 0 rings (SSSR count). The number of rotatable bonds is 0. The van der Waals surface area contributed by atoms with Gasteiger partial charge in [0.05, 0.1) is 0 Å². The van der Waals surface area contributed by atoms with Crippen LogP contribution in [0.4, 0.5) is 4.79 Å². The van der Waals surface area contributed by atoms with E-state index < -0.39 is 10.1 Å². The normalized spacial score (nSPS) is 9.67. The van der Waals surface area contributed by atoms with Crippen molar-refractivity contribution in [3.8, 4) is 0 Å². The van der Waals surface area contributed by atoms with E-state index in [-0.39, 0.29) is 31.0 Å². The SMILES string of the molecule is O=C(O)OC(Cl)(Cl)Cl.[H-].[Na+]. The van der Waals surface area contributed by atoms with Crippen LogP contribution in [0.25, 0.3) is 0 Å². The molecule has 0 spiro atoms. The molecule has 0 bridgehead atoms. The van der Waals surface area contributed by atoms with Crippen LogP contribution >= 0.6 is 34.8 Å². The predicted octanol–water partition coefficient (Wildman–Crippen LogP) is -0.875. The van der Waals surface area contributed by atoms with Gasteiger partial charge in [-0.1, -0.05) is 0 Å². The minimum atomic E-state index is -2.16. The van der Waals surface area contributed by atoms with Crippen LogP contribution in [-0.4, -0.2) is 15.2 Å². The van der Waals surface area contributed by atoms with Gasteiger partial charge < -0.3 is 11.3 Å². The zero-order valence-corrected chi connectivity index (χ0v) is 8.67. The van der Waals surface area contributed by atoms with Crippen LogP contribution in [0.3, 0.4) is 0 Å². The van der Waals surface area contributed by atoms with E-state index in [0.29, 0.717) is 0 Å². The van der Waals surface area contributed by atoms with E-state index in [1.165, 1.54) is 0 Å². The largest absolute Gasteiger partial charge is 1.00 e. The van der Waals surface area contributed by atoms with Crippen LogP contribution in [0.5, 0.6) is 0 Å². The molecular formula is C2H2Cl3NaO3. The van der Waals surface area contributed by atoms with Gasteiger partial charge in [0.25, 0.3) is 0 Å². The third kappa shape index (κ3) is 12.4. The molecule has 0 aromatic heterocycles. The average molecular weight is 203 g/mol. The molecule has 0 heterocycles. The molecule has 3 nitrogen and oxygen atoms in total. The Kier molecular flexibility index (Phi) is 6.93. The second-order valence-electron chi connectivity index (χ2n) is 0.814. The summed E-state index contributed by atoms with van der Waals surface area (Å²) >= 11 is 14.6. The Morgan fingerprint density at radius 3 is 1.89 bits per heavy atom. The molecule has 0 atom stereocenters. The maximum atomic E-state index is 9.54. The van der Waals surface area contributed by atoms with Crippen LogP contribution in [0.2, 0.25) is 0 Å². The van der Waals surface area contributed by atoms with E-state index in [0.717, 1.165) is 0 Å². The number of ether oxygens (including phenoxy) is 1. The Labute approximate surface area is 90.0 Å². The standard InChI is InChI=1S/C2HCl3O3.Na.H/c3-2(4,5)8-1(6)7;;/h(H,6,7);;/q;+1;-1. The second-order valence-corrected chi connectivity index (χ2v) is 2.99. The Hall–Kier alpha value is 1.14. The van der Waals surface area contributed by atoms with Gasteiger partial charge in [0.15, 0.2) is 0 Å². The van der Waals surface area contributed by atoms with Crippen LogP contribution < -0.4 is 29.6 Å². The first-order valence-electron chi connectivity index (χ1n) is 1.40. The fraction of sp³-hybridized carbons (Fsp3) is 0.500. The number of hydrogen-bond donors (Lipinski definition) is 1. The number of hydrogen-bond acceptors (Lipinski definition) is 2. The third-order valence-electron chi connectivity index (χ3n) is 0.203. The molecule has 0 amide bonds. The van der Waals surface area contributed by atoms with E-state index in [4.69, 9.17) is 39.9 Å². The fourth-order valence-corrected chi connectivity index (χ4v) is 0.297. The summed E-state index contributed by atoms with van der Waals surface area (Å²) in [6.07, 6.45) is -1.62. The van der Waals surface area contributed by atoms with Crippen LogP contribution in [0, 0.1) is 0 Å². The summed E-state index contributed by atoms with van der Waals surface area (Å²) in [5.74, 6) is 0. The van der Waals surface area contributed by atoms with Gasteiger partial charge in [-0.3, -0.25) is 0 Å². The first kappa shape index (κ1) is 12.8. The fourth-order valence-electron chi connectivity index (χ4n) is 0.0990. The molecule has 0 aromatic rings. The zero-order valence-electron chi connectivity index (χ0n) is 5.40. The van der Waals surface area contributed by atoms with Crippen molar-refractivity contribution in [1.82, 2.24) is 0 Å². The smallest absolute Gasteiger partial charge is 1.00 e. The Balaban J connectivity index is -0.000000245. The van der Waals surface area contributed by atoms with Crippen molar-refractivity contribution in [1.29, 1.82) is 0 Å². The number of carboxylic acid groups (broad SMARTS) is 1. The van der Waals surface area contributed by atoms with Gasteiger partial charge in [0.1, 0.15) is 0 Å². The molecule has 0 aliphatic rings. The van der Waals surface area contributed by atoms with Crippen molar-refractivity contribution in [2.45, 2.75) is 3.98 Å². The minimum Gasteiger partial charge on any atom is -1.00 e. The van der Waals surface area contributed by atoms with Gasteiger partial charge in [0.2, 0.25) is 0 Å². The summed E-state index contributed by atoms with van der Waals surface area (Å²) in [6, 6.07) is 0. The molecule has 7 heteroatoms. The van der Waals surface area contributed by atoms with Crippen molar-refractivity contribution >= 4 is 41.0 Å². The molecule has 0 fully saturated rings. The molecule has 0 aromatic carbocycles. The van der Waals surface area contributed by atoms with Gasteiger partial charge in [0, 0.05) is 0 Å². The molecule has 0 saturated carbocycles. The van der Waals surface area contributed by atoms with Crippen molar-refractivity contribution < 1.29 is 45.6 Å². The molecular weight excluding hydrogens is 201 g/mol. The minimum absolute atomic E-state index is 0. The van der Waals surface area contributed by atoms with Gasteiger partial charge in [-0.15, -0.1) is 0 Å². The van der Waals surface area contributed by atoms with E-state index in [9.17, 15) is 4.79 Å². The number of alkyl halides is 3. The first-order chi connectivity index (χ1) is 3.42. The Morgan fingerprint density at radius 1 is 1.56 bits per heavy atom. The molecule has 9 heavy (non-hydrogen) atoms. The second kappa shape index (κ2) is 4.88. The average Bonchev–Trinajstić information content (AvgIpc) is 1.21. The molecule has 0 radical (unpaired) electrons. The van der Waals surface area contributed by atoms with Crippen molar-refractivity contribution in [2.24, 2.45) is 0 Å². The summed E-state index contributed by atoms with van der Waals surface area (Å²) in [5, 5.41) is 7.77. The molecule has 1 N–H and O–H groups in total. The molecule has 0 aliphatic carbocycles. The van der Waals surface area contributed by atoms with Crippen molar-refractivity contribution in [2.75, 3.05) is 0 Å². The number of halogens is 3. The summed E-state index contributed by atoms with van der Waals surface area (Å²) in [4.78, 5) is 9.54. The van der Waals surface area contributed by atoms with E-state index in [2.05, 4.69) is 4.74 Å². The molecule has 0 unspecified atom stereocenters. The topological polar surface area (TPSA) is 46.5 Å². The first-order valence-corrected chi connectivity index (χ1v) is 2.54. The van der Waals surface area contributed by atoms with Crippen molar-refractivity contribution in [3.63, 3.8) is 0 Å². The third-order valence-corrected chi connectivity index (χ3v) is 0.434. The summed E-state index contributed by atoms with van der Waals surface area (Å²) < 4.78 is 1.49. The maximum Gasteiger partial charge on any atom is 1.00 e. The molecule has 0 saturated heterocycles.